The number of fused-ring (bicyclic) bond motifs is 1. The van der Waals surface area contributed by atoms with E-state index < -0.39 is 23.3 Å². The average Bonchev–Trinajstić information content (AvgIpc) is 3.11. The molecule has 1 saturated heterocycles. The number of amides is 2. The van der Waals surface area contributed by atoms with Gasteiger partial charge in [0, 0.05) is 25.4 Å². The lowest BCUT2D eigenvalue weighted by Gasteiger charge is -2.49. The fourth-order valence-electron chi connectivity index (χ4n) is 3.12. The number of nitrogens with two attached hydrogens (primary N) is 1. The molecule has 4 N–H and O–H groups in total. The molecule has 4 rings (SSSR count). The Morgan fingerprint density at radius 3 is 2.83 bits per heavy atom. The van der Waals surface area contributed by atoms with Crippen molar-refractivity contribution >= 4 is 73.7 Å². The van der Waals surface area contributed by atoms with Crippen LogP contribution in [0.4, 0.5) is 5.13 Å². The fourth-order valence-corrected chi connectivity index (χ4v) is 6.71. The monoisotopic (exact) mass is 526 g/mol. The minimum atomic E-state index is -1.16. The van der Waals surface area contributed by atoms with Gasteiger partial charge < -0.3 is 16.2 Å². The number of hydrogen-bond donors (Lipinski definition) is 3. The maximum Gasteiger partial charge on any atom is 0.353 e. The maximum atomic E-state index is 12.7. The highest BCUT2D eigenvalue weighted by Gasteiger charge is 2.54. The Morgan fingerprint density at radius 2 is 2.17 bits per heavy atom. The number of β-lactam (4-membered cyclic amide) rings is 1. The molecule has 0 spiro atoms. The molecule has 12 heteroatoms. The largest absolute Gasteiger partial charge is 0.477 e. The highest BCUT2D eigenvalue weighted by Crippen LogP contribution is 2.46. The topological polar surface area (TPSA) is 126 Å². The lowest BCUT2D eigenvalue weighted by molar-refractivity contribution is -0.150. The Kier molecular flexibility index (Phi) is 6.09. The van der Waals surface area contributed by atoms with Crippen molar-refractivity contribution in [2.24, 2.45) is 0 Å². The number of aromatic nitrogens is 1. The van der Waals surface area contributed by atoms with Gasteiger partial charge in [0.25, 0.3) is 5.91 Å². The molecule has 3 heterocycles. The van der Waals surface area contributed by atoms with E-state index >= 15 is 0 Å². The third-order valence-electron chi connectivity index (χ3n) is 4.43. The molecule has 1 aromatic heterocycles. The second kappa shape index (κ2) is 8.61. The summed E-state index contributed by atoms with van der Waals surface area (Å²) in [5.41, 5.74) is 6.08. The molecular weight excluding hydrogens is 512 g/mol. The molecule has 2 aromatic rings. The van der Waals surface area contributed by atoms with Crippen LogP contribution in [0.5, 0.6) is 0 Å². The predicted octanol–water partition coefficient (Wildman–Crippen LogP) is 2.52. The van der Waals surface area contributed by atoms with Crippen molar-refractivity contribution in [1.82, 2.24) is 15.2 Å². The van der Waals surface area contributed by atoms with Gasteiger partial charge in [-0.25, -0.2) is 9.78 Å². The third-order valence-corrected chi connectivity index (χ3v) is 8.73. The molecule has 156 valence electrons. The Morgan fingerprint density at radius 1 is 1.40 bits per heavy atom. The number of halogens is 1. The van der Waals surface area contributed by atoms with Gasteiger partial charge in [-0.3, -0.25) is 14.5 Å². The standard InChI is InChI=1S/C18H15BrN4O4S3/c19-9-3-1-2-4-10(9)30-11-7-28-16-13(15(25)23(16)14(11)17(26)27)22-12(24)5-8-6-29-18(20)21-8/h1-4,6,13,16H,5,7H2,(H2,20,21)(H,22,24)(H,26,27)/t13-,16-/m1/s1. The SMILES string of the molecule is Nc1nc(CC(=O)N[C@@H]2C(=O)N3C(C(=O)O)=C(Sc4ccccc4Br)CS[C@H]23)cs1. The van der Waals surface area contributed by atoms with Crippen molar-refractivity contribution in [1.29, 1.82) is 0 Å². The molecule has 2 aliphatic rings. The first-order valence-electron chi connectivity index (χ1n) is 8.68. The lowest BCUT2D eigenvalue weighted by Crippen LogP contribution is -2.70. The summed E-state index contributed by atoms with van der Waals surface area (Å²) in [4.78, 5) is 43.7. The van der Waals surface area contributed by atoms with Crippen LogP contribution in [0.15, 0.2) is 49.6 Å². The van der Waals surface area contributed by atoms with E-state index in [0.717, 1.165) is 9.37 Å². The third kappa shape index (κ3) is 4.09. The fraction of sp³-hybridized carbons (Fsp3) is 0.222. The molecule has 0 bridgehead atoms. The molecule has 30 heavy (non-hydrogen) atoms. The van der Waals surface area contributed by atoms with Crippen molar-refractivity contribution in [2.75, 3.05) is 11.5 Å². The highest BCUT2D eigenvalue weighted by molar-refractivity contribution is 9.10. The first-order valence-corrected chi connectivity index (χ1v) is 12.2. The van der Waals surface area contributed by atoms with Crippen molar-refractivity contribution in [2.45, 2.75) is 22.7 Å². The molecule has 2 aliphatic heterocycles. The zero-order valence-electron chi connectivity index (χ0n) is 15.2. The molecule has 0 aliphatic carbocycles. The van der Waals surface area contributed by atoms with Crippen LogP contribution in [-0.4, -0.2) is 49.9 Å². The number of anilines is 1. The van der Waals surface area contributed by atoms with Gasteiger partial charge in [0.15, 0.2) is 5.13 Å². The molecule has 2 amide bonds. The van der Waals surface area contributed by atoms with Gasteiger partial charge in [-0.05, 0) is 28.1 Å². The van der Waals surface area contributed by atoms with Crippen LogP contribution < -0.4 is 11.1 Å². The first kappa shape index (κ1) is 21.2. The summed E-state index contributed by atoms with van der Waals surface area (Å²) in [6.07, 6.45) is 0.0135. The lowest BCUT2D eigenvalue weighted by atomic mass is 10.0. The van der Waals surface area contributed by atoms with E-state index in [-0.39, 0.29) is 18.0 Å². The zero-order valence-corrected chi connectivity index (χ0v) is 19.2. The van der Waals surface area contributed by atoms with Gasteiger partial charge in [-0.1, -0.05) is 23.9 Å². The Hall–Kier alpha value is -2.02. The second-order valence-corrected chi connectivity index (χ2v) is 10.4. The minimum absolute atomic E-state index is 0.0135. The summed E-state index contributed by atoms with van der Waals surface area (Å²) in [6.45, 7) is 0. The van der Waals surface area contributed by atoms with Crippen LogP contribution in [0.2, 0.25) is 0 Å². The van der Waals surface area contributed by atoms with E-state index in [2.05, 4.69) is 26.2 Å². The van der Waals surface area contributed by atoms with Crippen LogP contribution in [0.25, 0.3) is 0 Å². The summed E-state index contributed by atoms with van der Waals surface area (Å²) in [7, 11) is 0. The number of benzene rings is 1. The van der Waals surface area contributed by atoms with Crippen LogP contribution in [-0.2, 0) is 20.8 Å². The highest BCUT2D eigenvalue weighted by atomic mass is 79.9. The Balaban J connectivity index is 1.49. The number of carbonyl (C=O) groups excluding carboxylic acids is 2. The van der Waals surface area contributed by atoms with Gasteiger partial charge in [0.2, 0.25) is 5.91 Å². The normalized spacial score (nSPS) is 20.6. The van der Waals surface area contributed by atoms with E-state index in [1.165, 1.54) is 39.8 Å². The number of nitrogen functional groups attached to an aromatic ring is 1. The zero-order chi connectivity index (χ0) is 21.4. The van der Waals surface area contributed by atoms with Gasteiger partial charge in [0.05, 0.1) is 12.1 Å². The van der Waals surface area contributed by atoms with E-state index in [1.807, 2.05) is 24.3 Å². The summed E-state index contributed by atoms with van der Waals surface area (Å²) >= 11 is 7.45. The van der Waals surface area contributed by atoms with Crippen LogP contribution in [0.3, 0.4) is 0 Å². The molecule has 1 aromatic carbocycles. The maximum absolute atomic E-state index is 12.7. The average molecular weight is 527 g/mol. The molecule has 0 unspecified atom stereocenters. The first-order chi connectivity index (χ1) is 14.3. The smallest absolute Gasteiger partial charge is 0.353 e. The molecule has 0 radical (unpaired) electrons. The van der Waals surface area contributed by atoms with Gasteiger partial charge in [-0.15, -0.1) is 23.1 Å². The number of hydrogen-bond acceptors (Lipinski definition) is 8. The van der Waals surface area contributed by atoms with Gasteiger partial charge >= 0.3 is 5.97 Å². The van der Waals surface area contributed by atoms with Gasteiger partial charge in [0.1, 0.15) is 17.1 Å². The molecule has 0 saturated carbocycles. The number of carboxylic acids is 1. The van der Waals surface area contributed by atoms with Crippen LogP contribution in [0.1, 0.15) is 5.69 Å². The van der Waals surface area contributed by atoms with Crippen molar-refractivity contribution in [3.05, 3.63) is 50.4 Å². The number of nitrogens with one attached hydrogen (secondary N) is 1. The Bertz CT molecular complexity index is 1070. The summed E-state index contributed by atoms with van der Waals surface area (Å²) in [6, 6.07) is 6.73. The number of carboxylic acid groups (broad SMARTS) is 1. The Labute approximate surface area is 192 Å². The molecule has 1 fully saturated rings. The van der Waals surface area contributed by atoms with Crippen LogP contribution in [0, 0.1) is 0 Å². The number of carbonyl (C=O) groups is 3. The summed E-state index contributed by atoms with van der Waals surface area (Å²) < 4.78 is 0.849. The minimum Gasteiger partial charge on any atom is -0.477 e. The van der Waals surface area contributed by atoms with Crippen LogP contribution >= 0.6 is 50.8 Å². The number of aliphatic carboxylic acids is 1. The second-order valence-electron chi connectivity index (χ2n) is 6.42. The quantitative estimate of drug-likeness (QED) is 0.490. The van der Waals surface area contributed by atoms with Gasteiger partial charge in [-0.2, -0.15) is 0 Å². The van der Waals surface area contributed by atoms with Crippen molar-refractivity contribution in [3.63, 3.8) is 0 Å². The summed E-state index contributed by atoms with van der Waals surface area (Å²) in [5, 5.41) is 14.1. The molecule has 8 nitrogen and oxygen atoms in total. The van der Waals surface area contributed by atoms with Crippen molar-refractivity contribution < 1.29 is 19.5 Å². The molecular formula is C18H15BrN4O4S3. The van der Waals surface area contributed by atoms with E-state index in [1.54, 1.807) is 5.38 Å². The van der Waals surface area contributed by atoms with E-state index in [9.17, 15) is 19.5 Å². The number of thiazole rings is 1. The number of nitrogens with zero attached hydrogens (tertiary/aromatic N) is 2. The van der Waals surface area contributed by atoms with Crippen molar-refractivity contribution in [3.8, 4) is 0 Å². The summed E-state index contributed by atoms with van der Waals surface area (Å²) in [5.74, 6) is -1.52. The number of thioether (sulfide) groups is 2. The number of rotatable bonds is 6. The predicted molar refractivity (Wildman–Crippen MR) is 120 cm³/mol. The molecule has 2 atom stereocenters. The van der Waals surface area contributed by atoms with E-state index in [4.69, 9.17) is 5.73 Å². The van der Waals surface area contributed by atoms with E-state index in [0.29, 0.717) is 21.5 Å².